The fourth-order valence-corrected chi connectivity index (χ4v) is 2.17. The summed E-state index contributed by atoms with van der Waals surface area (Å²) in [6.07, 6.45) is 2.28. The van der Waals surface area contributed by atoms with E-state index >= 15 is 0 Å². The first-order valence-electron chi connectivity index (χ1n) is 7.36. The van der Waals surface area contributed by atoms with E-state index in [1.807, 2.05) is 36.4 Å². The van der Waals surface area contributed by atoms with Gasteiger partial charge in [-0.15, -0.1) is 12.4 Å². The zero-order valence-corrected chi connectivity index (χ0v) is 13.7. The van der Waals surface area contributed by atoms with Crippen LogP contribution in [0.4, 0.5) is 5.69 Å². The van der Waals surface area contributed by atoms with Crippen molar-refractivity contribution in [1.29, 1.82) is 0 Å². The molecule has 0 fully saturated rings. The summed E-state index contributed by atoms with van der Waals surface area (Å²) in [4.78, 5) is 11.9. The maximum Gasteiger partial charge on any atom is 0.224 e. The molecule has 0 saturated carbocycles. The summed E-state index contributed by atoms with van der Waals surface area (Å²) < 4.78 is 0. The van der Waals surface area contributed by atoms with Crippen molar-refractivity contribution in [2.45, 2.75) is 26.2 Å². The largest absolute Gasteiger partial charge is 0.399 e. The van der Waals surface area contributed by atoms with E-state index in [0.717, 1.165) is 24.1 Å². The predicted molar refractivity (Wildman–Crippen MR) is 94.3 cm³/mol. The maximum atomic E-state index is 11.9. The van der Waals surface area contributed by atoms with Gasteiger partial charge in [-0.05, 0) is 41.7 Å². The molecule has 4 heteroatoms. The lowest BCUT2D eigenvalue weighted by Crippen LogP contribution is -2.27. The Morgan fingerprint density at radius 1 is 0.955 bits per heavy atom. The number of amides is 1. The number of nitrogen functional groups attached to an aromatic ring is 1. The Kier molecular flexibility index (Phi) is 7.47. The molecule has 3 nitrogen and oxygen atoms in total. The van der Waals surface area contributed by atoms with Gasteiger partial charge in [0, 0.05) is 12.2 Å². The number of nitrogens with two attached hydrogens (primary N) is 1. The first-order valence-corrected chi connectivity index (χ1v) is 7.36. The van der Waals surface area contributed by atoms with Crippen molar-refractivity contribution in [2.24, 2.45) is 0 Å². The van der Waals surface area contributed by atoms with Crippen LogP contribution >= 0.6 is 12.4 Å². The second kappa shape index (κ2) is 9.11. The van der Waals surface area contributed by atoms with Crippen molar-refractivity contribution in [3.8, 4) is 0 Å². The molecule has 0 spiro atoms. The van der Waals surface area contributed by atoms with Crippen LogP contribution in [0.3, 0.4) is 0 Å². The minimum absolute atomic E-state index is 0. The molecule has 0 unspecified atom stereocenters. The third kappa shape index (κ3) is 5.78. The lowest BCUT2D eigenvalue weighted by atomic mass is 10.1. The van der Waals surface area contributed by atoms with Crippen molar-refractivity contribution in [1.82, 2.24) is 5.32 Å². The van der Waals surface area contributed by atoms with E-state index in [4.69, 9.17) is 5.73 Å². The molecule has 22 heavy (non-hydrogen) atoms. The Hall–Kier alpha value is -2.00. The average molecular weight is 319 g/mol. The van der Waals surface area contributed by atoms with Gasteiger partial charge in [0.2, 0.25) is 5.91 Å². The number of halogens is 1. The molecule has 0 atom stereocenters. The minimum atomic E-state index is 0. The topological polar surface area (TPSA) is 55.1 Å². The fraction of sp³-hybridized carbons (Fsp3) is 0.278. The number of hydrogen-bond acceptors (Lipinski definition) is 2. The zero-order chi connectivity index (χ0) is 15.1. The van der Waals surface area contributed by atoms with Gasteiger partial charge in [-0.2, -0.15) is 0 Å². The van der Waals surface area contributed by atoms with E-state index in [1.54, 1.807) is 0 Å². The van der Waals surface area contributed by atoms with Gasteiger partial charge in [-0.25, -0.2) is 0 Å². The molecule has 2 aromatic carbocycles. The van der Waals surface area contributed by atoms with Gasteiger partial charge in [-0.3, -0.25) is 4.79 Å². The molecule has 0 bridgehead atoms. The number of anilines is 1. The summed E-state index contributed by atoms with van der Waals surface area (Å²) in [6, 6.07) is 16.0. The van der Waals surface area contributed by atoms with Crippen LogP contribution in [0.15, 0.2) is 48.5 Å². The van der Waals surface area contributed by atoms with E-state index in [-0.39, 0.29) is 18.3 Å². The highest BCUT2D eigenvalue weighted by atomic mass is 35.5. The lowest BCUT2D eigenvalue weighted by Gasteiger charge is -2.06. The standard InChI is InChI=1S/C18H22N2O.ClH/c1-2-14-3-5-16(6-4-14)13-18(21)20-12-11-15-7-9-17(19)10-8-15;/h3-10H,2,11-13,19H2,1H3,(H,20,21);1H. The van der Waals surface area contributed by atoms with Crippen LogP contribution in [0.5, 0.6) is 0 Å². The molecule has 0 radical (unpaired) electrons. The molecule has 1 amide bonds. The number of rotatable bonds is 6. The summed E-state index contributed by atoms with van der Waals surface area (Å²) in [6.45, 7) is 2.77. The number of carbonyl (C=O) groups excluding carboxylic acids is 1. The zero-order valence-electron chi connectivity index (χ0n) is 12.8. The van der Waals surface area contributed by atoms with Gasteiger partial charge in [0.05, 0.1) is 6.42 Å². The average Bonchev–Trinajstić information content (AvgIpc) is 2.50. The summed E-state index contributed by atoms with van der Waals surface area (Å²) >= 11 is 0. The third-order valence-corrected chi connectivity index (χ3v) is 3.51. The van der Waals surface area contributed by atoms with Crippen LogP contribution in [0.1, 0.15) is 23.6 Å². The maximum absolute atomic E-state index is 11.9. The molecule has 0 aliphatic heterocycles. The molecule has 3 N–H and O–H groups in total. The summed E-state index contributed by atoms with van der Waals surface area (Å²) in [5.41, 5.74) is 9.93. The molecule has 0 heterocycles. The van der Waals surface area contributed by atoms with E-state index in [9.17, 15) is 4.79 Å². The number of aryl methyl sites for hydroxylation is 1. The third-order valence-electron chi connectivity index (χ3n) is 3.51. The Balaban J connectivity index is 0.00000242. The quantitative estimate of drug-likeness (QED) is 0.804. The van der Waals surface area contributed by atoms with E-state index in [2.05, 4.69) is 24.4 Å². The molecule has 118 valence electrons. The monoisotopic (exact) mass is 318 g/mol. The lowest BCUT2D eigenvalue weighted by molar-refractivity contribution is -0.120. The second-order valence-corrected chi connectivity index (χ2v) is 5.19. The molecule has 0 aliphatic rings. The van der Waals surface area contributed by atoms with Crippen LogP contribution in [0.2, 0.25) is 0 Å². The Morgan fingerprint density at radius 3 is 2.09 bits per heavy atom. The van der Waals surface area contributed by atoms with Crippen LogP contribution in [-0.4, -0.2) is 12.5 Å². The van der Waals surface area contributed by atoms with Crippen LogP contribution < -0.4 is 11.1 Å². The van der Waals surface area contributed by atoms with Crippen molar-refractivity contribution in [3.05, 3.63) is 65.2 Å². The van der Waals surface area contributed by atoms with Gasteiger partial charge in [0.15, 0.2) is 0 Å². The van der Waals surface area contributed by atoms with Gasteiger partial charge in [0.25, 0.3) is 0 Å². The molecule has 2 rings (SSSR count). The number of benzene rings is 2. The van der Waals surface area contributed by atoms with Crippen molar-refractivity contribution in [3.63, 3.8) is 0 Å². The van der Waals surface area contributed by atoms with Crippen LogP contribution in [0, 0.1) is 0 Å². The van der Waals surface area contributed by atoms with Crippen molar-refractivity contribution >= 4 is 24.0 Å². The van der Waals surface area contributed by atoms with Crippen LogP contribution in [-0.2, 0) is 24.1 Å². The molecular weight excluding hydrogens is 296 g/mol. The van der Waals surface area contributed by atoms with Crippen LogP contribution in [0.25, 0.3) is 0 Å². The highest BCUT2D eigenvalue weighted by Crippen LogP contribution is 2.07. The van der Waals surface area contributed by atoms with E-state index in [1.165, 1.54) is 11.1 Å². The molecule has 0 saturated heterocycles. The first kappa shape index (κ1) is 18.1. The van der Waals surface area contributed by atoms with Gasteiger partial charge < -0.3 is 11.1 Å². The first-order chi connectivity index (χ1) is 10.2. The van der Waals surface area contributed by atoms with Crippen molar-refractivity contribution < 1.29 is 4.79 Å². The molecule has 2 aromatic rings. The van der Waals surface area contributed by atoms with E-state index in [0.29, 0.717) is 13.0 Å². The number of hydrogen-bond donors (Lipinski definition) is 2. The molecule has 0 aromatic heterocycles. The highest BCUT2D eigenvalue weighted by Gasteiger charge is 2.03. The molecular formula is C18H23ClN2O. The second-order valence-electron chi connectivity index (χ2n) is 5.19. The number of carbonyl (C=O) groups is 1. The van der Waals surface area contributed by atoms with Gasteiger partial charge in [-0.1, -0.05) is 43.3 Å². The Bertz CT molecular complexity index is 579. The fourth-order valence-electron chi connectivity index (χ4n) is 2.17. The smallest absolute Gasteiger partial charge is 0.224 e. The summed E-state index contributed by atoms with van der Waals surface area (Å²) in [5, 5.41) is 2.95. The Morgan fingerprint density at radius 2 is 1.50 bits per heavy atom. The number of nitrogens with one attached hydrogen (secondary N) is 1. The predicted octanol–water partition coefficient (Wildman–Crippen LogP) is 3.15. The van der Waals surface area contributed by atoms with Gasteiger partial charge in [0.1, 0.15) is 0 Å². The molecule has 0 aliphatic carbocycles. The minimum Gasteiger partial charge on any atom is -0.399 e. The summed E-state index contributed by atoms with van der Waals surface area (Å²) in [5.74, 6) is 0.0645. The summed E-state index contributed by atoms with van der Waals surface area (Å²) in [7, 11) is 0. The van der Waals surface area contributed by atoms with Gasteiger partial charge >= 0.3 is 0 Å². The highest BCUT2D eigenvalue weighted by molar-refractivity contribution is 5.85. The van der Waals surface area contributed by atoms with Crippen molar-refractivity contribution in [2.75, 3.05) is 12.3 Å². The Labute approximate surface area is 138 Å². The SMILES string of the molecule is CCc1ccc(CC(=O)NCCc2ccc(N)cc2)cc1.Cl. The normalized spacial score (nSPS) is 9.86. The van der Waals surface area contributed by atoms with E-state index < -0.39 is 0 Å².